The van der Waals surface area contributed by atoms with Gasteiger partial charge in [-0.3, -0.25) is 0 Å². The Morgan fingerprint density at radius 3 is 2.95 bits per heavy atom. The summed E-state index contributed by atoms with van der Waals surface area (Å²) in [5, 5.41) is 5.46. The fourth-order valence-corrected chi connectivity index (χ4v) is 3.60. The van der Waals surface area contributed by atoms with Crippen molar-refractivity contribution in [2.45, 2.75) is 32.9 Å². The second kappa shape index (κ2) is 6.41. The van der Waals surface area contributed by atoms with E-state index in [1.54, 1.807) is 0 Å². The Morgan fingerprint density at radius 1 is 1.29 bits per heavy atom. The maximum Gasteiger partial charge on any atom is 0.114 e. The standard InChI is InChI=1S/C17H21N3S/c1-3-8-20-16-7-5-4-6-15(16)19-17(20)10-13-9-14(11-18-2)21-12-13/h4-7,9,12,18H,3,8,10-11H2,1-2H3. The highest BCUT2D eigenvalue weighted by molar-refractivity contribution is 7.10. The summed E-state index contributed by atoms with van der Waals surface area (Å²) in [5.74, 6) is 1.17. The molecule has 0 spiro atoms. The number of aromatic nitrogens is 2. The summed E-state index contributed by atoms with van der Waals surface area (Å²) >= 11 is 1.82. The van der Waals surface area contributed by atoms with Crippen molar-refractivity contribution in [3.05, 3.63) is 52.0 Å². The molecule has 0 aliphatic heterocycles. The SMILES string of the molecule is CCCn1c(Cc2csc(CNC)c2)nc2ccccc21. The zero-order chi connectivity index (χ0) is 14.7. The fraction of sp³-hybridized carbons (Fsp3) is 0.353. The first kappa shape index (κ1) is 14.3. The molecule has 3 nitrogen and oxygen atoms in total. The monoisotopic (exact) mass is 299 g/mol. The molecular weight excluding hydrogens is 278 g/mol. The molecule has 0 fully saturated rings. The molecule has 3 rings (SSSR count). The van der Waals surface area contributed by atoms with Gasteiger partial charge in [-0.05, 0) is 42.6 Å². The van der Waals surface area contributed by atoms with E-state index in [0.717, 1.165) is 31.4 Å². The normalized spacial score (nSPS) is 11.3. The van der Waals surface area contributed by atoms with Gasteiger partial charge in [-0.25, -0.2) is 4.98 Å². The first-order valence-electron chi connectivity index (χ1n) is 7.47. The lowest BCUT2D eigenvalue weighted by atomic mass is 10.2. The molecule has 4 heteroatoms. The van der Waals surface area contributed by atoms with E-state index in [1.165, 1.54) is 21.8 Å². The Labute approximate surface area is 129 Å². The fourth-order valence-electron chi connectivity index (χ4n) is 2.70. The number of para-hydroxylation sites is 2. The van der Waals surface area contributed by atoms with Crippen LogP contribution in [0.4, 0.5) is 0 Å². The number of imidazole rings is 1. The molecule has 0 unspecified atom stereocenters. The first-order chi connectivity index (χ1) is 10.3. The van der Waals surface area contributed by atoms with Crippen molar-refractivity contribution in [3.63, 3.8) is 0 Å². The van der Waals surface area contributed by atoms with Crippen LogP contribution in [0.5, 0.6) is 0 Å². The van der Waals surface area contributed by atoms with E-state index in [-0.39, 0.29) is 0 Å². The van der Waals surface area contributed by atoms with Crippen LogP contribution in [-0.4, -0.2) is 16.6 Å². The van der Waals surface area contributed by atoms with Gasteiger partial charge in [0.1, 0.15) is 5.82 Å². The minimum absolute atomic E-state index is 0.912. The molecule has 1 aromatic carbocycles. The van der Waals surface area contributed by atoms with E-state index < -0.39 is 0 Å². The van der Waals surface area contributed by atoms with E-state index in [9.17, 15) is 0 Å². The number of aryl methyl sites for hydroxylation is 1. The van der Waals surface area contributed by atoms with Crippen LogP contribution in [0.3, 0.4) is 0 Å². The Balaban J connectivity index is 1.93. The Morgan fingerprint density at radius 2 is 2.14 bits per heavy atom. The first-order valence-corrected chi connectivity index (χ1v) is 8.34. The van der Waals surface area contributed by atoms with Gasteiger partial charge in [0.05, 0.1) is 11.0 Å². The van der Waals surface area contributed by atoms with Gasteiger partial charge in [-0.15, -0.1) is 11.3 Å². The lowest BCUT2D eigenvalue weighted by Gasteiger charge is -2.06. The highest BCUT2D eigenvalue weighted by atomic mass is 32.1. The largest absolute Gasteiger partial charge is 0.328 e. The third-order valence-electron chi connectivity index (χ3n) is 3.60. The molecule has 0 saturated heterocycles. The van der Waals surface area contributed by atoms with Crippen molar-refractivity contribution >= 4 is 22.4 Å². The summed E-state index contributed by atoms with van der Waals surface area (Å²) in [7, 11) is 1.99. The van der Waals surface area contributed by atoms with Crippen LogP contribution in [0.25, 0.3) is 11.0 Å². The topological polar surface area (TPSA) is 29.9 Å². The Hall–Kier alpha value is -1.65. The number of nitrogens with zero attached hydrogens (tertiary/aromatic N) is 2. The van der Waals surface area contributed by atoms with E-state index in [0.29, 0.717) is 0 Å². The third-order valence-corrected chi connectivity index (χ3v) is 4.59. The molecule has 110 valence electrons. The van der Waals surface area contributed by atoms with Gasteiger partial charge >= 0.3 is 0 Å². The van der Waals surface area contributed by atoms with E-state index in [1.807, 2.05) is 18.4 Å². The molecule has 2 aromatic heterocycles. The van der Waals surface area contributed by atoms with Gasteiger partial charge in [-0.1, -0.05) is 19.1 Å². The van der Waals surface area contributed by atoms with Crippen LogP contribution in [0.2, 0.25) is 0 Å². The van der Waals surface area contributed by atoms with Crippen molar-refractivity contribution in [3.8, 4) is 0 Å². The van der Waals surface area contributed by atoms with Crippen molar-refractivity contribution in [2.24, 2.45) is 0 Å². The highest BCUT2D eigenvalue weighted by Gasteiger charge is 2.11. The van der Waals surface area contributed by atoms with E-state index >= 15 is 0 Å². The maximum absolute atomic E-state index is 4.83. The summed E-state index contributed by atoms with van der Waals surface area (Å²) in [6, 6.07) is 10.7. The number of nitrogens with one attached hydrogen (secondary N) is 1. The number of benzene rings is 1. The lowest BCUT2D eigenvalue weighted by Crippen LogP contribution is -2.04. The molecule has 0 radical (unpaired) electrons. The van der Waals surface area contributed by atoms with Gasteiger partial charge < -0.3 is 9.88 Å². The molecule has 2 heterocycles. The number of fused-ring (bicyclic) bond motifs is 1. The second-order valence-corrected chi connectivity index (χ2v) is 6.29. The predicted octanol–water partition coefficient (Wildman–Crippen LogP) is 3.82. The van der Waals surface area contributed by atoms with Gasteiger partial charge in [0.25, 0.3) is 0 Å². The Bertz CT molecular complexity index is 727. The molecule has 0 atom stereocenters. The molecule has 0 aliphatic carbocycles. The van der Waals surface area contributed by atoms with Crippen LogP contribution in [0, 0.1) is 0 Å². The lowest BCUT2D eigenvalue weighted by molar-refractivity contribution is 0.664. The molecule has 0 bridgehead atoms. The molecular formula is C17H21N3S. The molecule has 21 heavy (non-hydrogen) atoms. The summed E-state index contributed by atoms with van der Waals surface area (Å²) in [5.41, 5.74) is 3.71. The average Bonchev–Trinajstić information content (AvgIpc) is 3.06. The van der Waals surface area contributed by atoms with Crippen LogP contribution >= 0.6 is 11.3 Å². The molecule has 0 amide bonds. The number of thiophene rings is 1. The minimum Gasteiger partial charge on any atom is -0.328 e. The van der Waals surface area contributed by atoms with E-state index in [4.69, 9.17) is 4.98 Å². The van der Waals surface area contributed by atoms with Gasteiger partial charge in [0.15, 0.2) is 0 Å². The van der Waals surface area contributed by atoms with Gasteiger partial charge in [0, 0.05) is 24.4 Å². The molecule has 1 N–H and O–H groups in total. The quantitative estimate of drug-likeness (QED) is 0.750. The van der Waals surface area contributed by atoms with Crippen molar-refractivity contribution < 1.29 is 0 Å². The highest BCUT2D eigenvalue weighted by Crippen LogP contribution is 2.21. The maximum atomic E-state index is 4.83. The average molecular weight is 299 g/mol. The predicted molar refractivity (Wildman–Crippen MR) is 89.9 cm³/mol. The minimum atomic E-state index is 0.912. The van der Waals surface area contributed by atoms with E-state index in [2.05, 4.69) is 52.5 Å². The number of hydrogen-bond acceptors (Lipinski definition) is 3. The van der Waals surface area contributed by atoms with Crippen LogP contribution in [0.1, 0.15) is 29.6 Å². The van der Waals surface area contributed by atoms with Crippen molar-refractivity contribution in [1.82, 2.24) is 14.9 Å². The Kier molecular flexibility index (Phi) is 4.36. The number of hydrogen-bond donors (Lipinski definition) is 1. The van der Waals surface area contributed by atoms with Crippen LogP contribution < -0.4 is 5.32 Å². The summed E-state index contributed by atoms with van der Waals surface area (Å²) < 4.78 is 2.37. The van der Waals surface area contributed by atoms with Crippen molar-refractivity contribution in [1.29, 1.82) is 0 Å². The second-order valence-electron chi connectivity index (χ2n) is 5.30. The van der Waals surface area contributed by atoms with Gasteiger partial charge in [0.2, 0.25) is 0 Å². The third kappa shape index (κ3) is 3.01. The summed E-state index contributed by atoms with van der Waals surface area (Å²) in [6.45, 7) is 4.19. The van der Waals surface area contributed by atoms with Crippen molar-refractivity contribution in [2.75, 3.05) is 7.05 Å². The van der Waals surface area contributed by atoms with Crippen LogP contribution in [0.15, 0.2) is 35.7 Å². The molecule has 3 aromatic rings. The number of rotatable bonds is 6. The zero-order valence-corrected chi connectivity index (χ0v) is 13.4. The summed E-state index contributed by atoms with van der Waals surface area (Å²) in [4.78, 5) is 6.21. The summed E-state index contributed by atoms with van der Waals surface area (Å²) in [6.07, 6.45) is 2.04. The smallest absolute Gasteiger partial charge is 0.114 e. The molecule has 0 aliphatic rings. The van der Waals surface area contributed by atoms with Gasteiger partial charge in [-0.2, -0.15) is 0 Å². The zero-order valence-electron chi connectivity index (χ0n) is 12.6. The van der Waals surface area contributed by atoms with Crippen LogP contribution in [-0.2, 0) is 19.5 Å². The molecule has 0 saturated carbocycles.